The van der Waals surface area contributed by atoms with Crippen molar-refractivity contribution in [1.29, 1.82) is 0 Å². The molecule has 0 saturated heterocycles. The number of benzene rings is 2. The van der Waals surface area contributed by atoms with Gasteiger partial charge in [-0.25, -0.2) is 14.1 Å². The zero-order chi connectivity index (χ0) is 20.0. The lowest BCUT2D eigenvalue weighted by Gasteiger charge is -2.27. The first-order chi connectivity index (χ1) is 13.5. The average Bonchev–Trinajstić information content (AvgIpc) is 3.23. The number of halogens is 2. The van der Waals surface area contributed by atoms with Crippen LogP contribution in [0.1, 0.15) is 25.0 Å². The number of nitrogens with one attached hydrogen (secondary N) is 2. The second kappa shape index (κ2) is 10.3. The van der Waals surface area contributed by atoms with Crippen molar-refractivity contribution in [3.63, 3.8) is 0 Å². The van der Waals surface area contributed by atoms with Crippen molar-refractivity contribution >= 4 is 29.9 Å². The second-order valence-electron chi connectivity index (χ2n) is 7.18. The summed E-state index contributed by atoms with van der Waals surface area (Å²) in [6, 6.07) is 14.8. The van der Waals surface area contributed by atoms with Crippen LogP contribution in [-0.2, 0) is 12.0 Å². The van der Waals surface area contributed by atoms with Gasteiger partial charge in [0.25, 0.3) is 0 Å². The van der Waals surface area contributed by atoms with Gasteiger partial charge in [0.05, 0.1) is 5.69 Å². The molecule has 2 aromatic carbocycles. The zero-order valence-corrected chi connectivity index (χ0v) is 19.1. The standard InChI is InChI=1S/C21H25FN6.HI/c1-21(2,17-5-4-6-18(22)11-17)13-26-20(23-3)25-12-16-7-9-19(10-8-16)28-15-24-14-27-28;/h4-11,14-15H,12-13H2,1-3H3,(H2,23,25,26);1H. The SMILES string of the molecule is CN=C(NCc1ccc(-n2cncn2)cc1)NCC(C)(C)c1cccc(F)c1.I. The normalized spacial score (nSPS) is 11.7. The van der Waals surface area contributed by atoms with E-state index < -0.39 is 0 Å². The van der Waals surface area contributed by atoms with Gasteiger partial charge in [-0.05, 0) is 35.4 Å². The maximum atomic E-state index is 13.5. The highest BCUT2D eigenvalue weighted by Gasteiger charge is 2.21. The van der Waals surface area contributed by atoms with Gasteiger partial charge in [-0.15, -0.1) is 24.0 Å². The minimum Gasteiger partial charge on any atom is -0.356 e. The van der Waals surface area contributed by atoms with Crippen molar-refractivity contribution in [2.75, 3.05) is 13.6 Å². The molecule has 3 aromatic rings. The third-order valence-corrected chi connectivity index (χ3v) is 4.61. The molecule has 3 rings (SSSR count). The van der Waals surface area contributed by atoms with Crippen molar-refractivity contribution in [3.05, 3.63) is 78.1 Å². The molecule has 0 bridgehead atoms. The molecule has 1 heterocycles. The van der Waals surface area contributed by atoms with Crippen LogP contribution < -0.4 is 10.6 Å². The smallest absolute Gasteiger partial charge is 0.191 e. The van der Waals surface area contributed by atoms with Crippen LogP contribution in [0, 0.1) is 5.82 Å². The van der Waals surface area contributed by atoms with Crippen molar-refractivity contribution in [3.8, 4) is 5.69 Å². The van der Waals surface area contributed by atoms with Crippen LogP contribution in [-0.4, -0.2) is 34.3 Å². The first-order valence-corrected chi connectivity index (χ1v) is 9.12. The lowest BCUT2D eigenvalue weighted by atomic mass is 9.84. The van der Waals surface area contributed by atoms with E-state index in [4.69, 9.17) is 0 Å². The second-order valence-corrected chi connectivity index (χ2v) is 7.18. The van der Waals surface area contributed by atoms with E-state index in [1.54, 1.807) is 30.2 Å². The summed E-state index contributed by atoms with van der Waals surface area (Å²) >= 11 is 0. The van der Waals surface area contributed by atoms with Crippen LogP contribution in [0.15, 0.2) is 66.2 Å². The van der Waals surface area contributed by atoms with Gasteiger partial charge in [0.15, 0.2) is 5.96 Å². The summed E-state index contributed by atoms with van der Waals surface area (Å²) < 4.78 is 15.2. The molecular weight excluding hydrogens is 482 g/mol. The number of aromatic nitrogens is 3. The van der Waals surface area contributed by atoms with Crippen molar-refractivity contribution in [2.45, 2.75) is 25.8 Å². The first kappa shape index (κ1) is 22.8. The molecule has 0 aliphatic rings. The molecule has 0 atom stereocenters. The van der Waals surface area contributed by atoms with Crippen LogP contribution in [0.25, 0.3) is 5.69 Å². The molecular formula is C21H26FIN6. The average molecular weight is 508 g/mol. The van der Waals surface area contributed by atoms with Gasteiger partial charge in [0.2, 0.25) is 0 Å². The number of hydrogen-bond acceptors (Lipinski definition) is 3. The van der Waals surface area contributed by atoms with Gasteiger partial charge in [-0.3, -0.25) is 4.99 Å². The Kier molecular flexibility index (Phi) is 8.12. The minimum absolute atomic E-state index is 0. The Morgan fingerprint density at radius 3 is 2.52 bits per heavy atom. The third-order valence-electron chi connectivity index (χ3n) is 4.61. The van der Waals surface area contributed by atoms with Gasteiger partial charge < -0.3 is 10.6 Å². The fraction of sp³-hybridized carbons (Fsp3) is 0.286. The van der Waals surface area contributed by atoms with E-state index in [0.29, 0.717) is 19.0 Å². The highest BCUT2D eigenvalue weighted by molar-refractivity contribution is 14.0. The summed E-state index contributed by atoms with van der Waals surface area (Å²) in [5, 5.41) is 10.7. The quantitative estimate of drug-likeness (QED) is 0.303. The number of nitrogens with zero attached hydrogens (tertiary/aromatic N) is 4. The summed E-state index contributed by atoms with van der Waals surface area (Å²) in [4.78, 5) is 8.23. The predicted octanol–water partition coefficient (Wildman–Crippen LogP) is 3.67. The van der Waals surface area contributed by atoms with Gasteiger partial charge in [0, 0.05) is 25.6 Å². The molecule has 0 fully saturated rings. The Bertz CT molecular complexity index is 923. The summed E-state index contributed by atoms with van der Waals surface area (Å²) in [5.41, 5.74) is 2.79. The van der Waals surface area contributed by atoms with E-state index in [0.717, 1.165) is 16.8 Å². The fourth-order valence-corrected chi connectivity index (χ4v) is 2.83. The summed E-state index contributed by atoms with van der Waals surface area (Å²) in [6.45, 7) is 5.41. The molecule has 0 unspecified atom stereocenters. The Morgan fingerprint density at radius 2 is 1.90 bits per heavy atom. The van der Waals surface area contributed by atoms with Gasteiger partial charge >= 0.3 is 0 Å². The molecule has 0 aliphatic heterocycles. The van der Waals surface area contributed by atoms with E-state index in [2.05, 4.69) is 39.6 Å². The number of rotatable bonds is 6. The Morgan fingerprint density at radius 1 is 1.14 bits per heavy atom. The molecule has 29 heavy (non-hydrogen) atoms. The van der Waals surface area contributed by atoms with E-state index in [1.165, 1.54) is 12.4 Å². The van der Waals surface area contributed by atoms with E-state index >= 15 is 0 Å². The first-order valence-electron chi connectivity index (χ1n) is 9.12. The molecule has 0 saturated carbocycles. The van der Waals surface area contributed by atoms with E-state index in [1.807, 2.05) is 30.3 Å². The van der Waals surface area contributed by atoms with Crippen LogP contribution >= 0.6 is 24.0 Å². The van der Waals surface area contributed by atoms with Gasteiger partial charge in [-0.2, -0.15) is 5.10 Å². The summed E-state index contributed by atoms with van der Waals surface area (Å²) in [6.07, 6.45) is 3.18. The topological polar surface area (TPSA) is 67.1 Å². The molecule has 154 valence electrons. The van der Waals surface area contributed by atoms with Crippen LogP contribution in [0.3, 0.4) is 0 Å². The highest BCUT2D eigenvalue weighted by Crippen LogP contribution is 2.22. The van der Waals surface area contributed by atoms with Gasteiger partial charge in [-0.1, -0.05) is 38.1 Å². The Hall–Kier alpha value is -2.49. The number of hydrogen-bond donors (Lipinski definition) is 2. The van der Waals surface area contributed by atoms with E-state index in [-0.39, 0.29) is 35.2 Å². The van der Waals surface area contributed by atoms with Crippen molar-refractivity contribution in [2.24, 2.45) is 4.99 Å². The summed E-state index contributed by atoms with van der Waals surface area (Å²) in [7, 11) is 1.73. The number of aliphatic imine (C=N–C) groups is 1. The lowest BCUT2D eigenvalue weighted by Crippen LogP contribution is -2.43. The fourth-order valence-electron chi connectivity index (χ4n) is 2.83. The Balaban J connectivity index is 0.00000300. The monoisotopic (exact) mass is 508 g/mol. The molecule has 0 radical (unpaired) electrons. The molecule has 0 aliphatic carbocycles. The molecule has 1 aromatic heterocycles. The lowest BCUT2D eigenvalue weighted by molar-refractivity contribution is 0.503. The molecule has 0 amide bonds. The van der Waals surface area contributed by atoms with Crippen molar-refractivity contribution < 1.29 is 4.39 Å². The number of guanidine groups is 1. The molecule has 6 nitrogen and oxygen atoms in total. The largest absolute Gasteiger partial charge is 0.356 e. The zero-order valence-electron chi connectivity index (χ0n) is 16.8. The maximum absolute atomic E-state index is 13.5. The van der Waals surface area contributed by atoms with Crippen LogP contribution in [0.5, 0.6) is 0 Å². The van der Waals surface area contributed by atoms with Crippen LogP contribution in [0.4, 0.5) is 4.39 Å². The maximum Gasteiger partial charge on any atom is 0.191 e. The van der Waals surface area contributed by atoms with Crippen LogP contribution in [0.2, 0.25) is 0 Å². The van der Waals surface area contributed by atoms with E-state index in [9.17, 15) is 4.39 Å². The molecule has 0 spiro atoms. The highest BCUT2D eigenvalue weighted by atomic mass is 127. The third kappa shape index (κ3) is 6.25. The molecule has 2 N–H and O–H groups in total. The molecule has 8 heteroatoms. The summed E-state index contributed by atoms with van der Waals surface area (Å²) in [5.74, 6) is 0.479. The van der Waals surface area contributed by atoms with Gasteiger partial charge in [0.1, 0.15) is 18.5 Å². The Labute approximate surface area is 187 Å². The minimum atomic E-state index is -0.237. The van der Waals surface area contributed by atoms with Crippen molar-refractivity contribution in [1.82, 2.24) is 25.4 Å². The predicted molar refractivity (Wildman–Crippen MR) is 124 cm³/mol.